The van der Waals surface area contributed by atoms with E-state index in [2.05, 4.69) is 10.3 Å². The Hall–Kier alpha value is -1.33. The maximum Gasteiger partial charge on any atom is 0.270 e. The molecular formula is C12H15ClN2O3. The summed E-state index contributed by atoms with van der Waals surface area (Å²) in [6.07, 6.45) is 3.77. The van der Waals surface area contributed by atoms with Crippen LogP contribution in [-0.4, -0.2) is 35.8 Å². The maximum absolute atomic E-state index is 11.6. The number of halogens is 1. The van der Waals surface area contributed by atoms with Gasteiger partial charge in [0.25, 0.3) is 5.91 Å². The molecule has 0 aliphatic heterocycles. The van der Waals surface area contributed by atoms with E-state index in [-0.39, 0.29) is 24.8 Å². The number of nitrogens with one attached hydrogen (secondary N) is 1. The molecule has 18 heavy (non-hydrogen) atoms. The quantitative estimate of drug-likeness (QED) is 0.816. The largest absolute Gasteiger partial charge is 0.492 e. The van der Waals surface area contributed by atoms with Gasteiger partial charge in [0.05, 0.1) is 19.4 Å². The molecular weight excluding hydrogens is 256 g/mol. The Morgan fingerprint density at radius 2 is 2.39 bits per heavy atom. The van der Waals surface area contributed by atoms with Crippen LogP contribution < -0.4 is 10.1 Å². The first kappa shape index (κ1) is 13.1. The molecule has 5 nitrogen and oxygen atoms in total. The Labute approximate surface area is 110 Å². The van der Waals surface area contributed by atoms with E-state index in [9.17, 15) is 4.79 Å². The molecule has 0 atom stereocenters. The van der Waals surface area contributed by atoms with Crippen molar-refractivity contribution in [1.82, 2.24) is 10.3 Å². The zero-order valence-corrected chi connectivity index (χ0v) is 10.6. The first-order valence-corrected chi connectivity index (χ1v) is 6.26. The summed E-state index contributed by atoms with van der Waals surface area (Å²) in [4.78, 5) is 15.6. The van der Waals surface area contributed by atoms with Crippen molar-refractivity contribution in [2.24, 2.45) is 5.92 Å². The van der Waals surface area contributed by atoms with Crippen molar-refractivity contribution >= 4 is 17.5 Å². The normalized spacial score (nSPS) is 14.3. The van der Waals surface area contributed by atoms with Gasteiger partial charge in [-0.15, -0.1) is 0 Å². The lowest BCUT2D eigenvalue weighted by Gasteiger charge is -2.09. The molecule has 0 bridgehead atoms. The molecule has 98 valence electrons. The number of aromatic nitrogens is 1. The van der Waals surface area contributed by atoms with Crippen molar-refractivity contribution in [3.05, 3.63) is 23.0 Å². The number of carbonyl (C=O) groups excluding carboxylic acids is 1. The molecule has 2 rings (SSSR count). The molecule has 1 aliphatic carbocycles. The summed E-state index contributed by atoms with van der Waals surface area (Å²) in [5.74, 6) is 0.741. The zero-order valence-electron chi connectivity index (χ0n) is 9.86. The van der Waals surface area contributed by atoms with Crippen LogP contribution in [0.15, 0.2) is 12.3 Å². The molecule has 1 aromatic heterocycles. The Balaban J connectivity index is 2.01. The Morgan fingerprint density at radius 1 is 1.61 bits per heavy atom. The van der Waals surface area contributed by atoms with Crippen LogP contribution in [0.3, 0.4) is 0 Å². The average molecular weight is 271 g/mol. The Morgan fingerprint density at radius 3 is 3.06 bits per heavy atom. The van der Waals surface area contributed by atoms with Crippen LogP contribution in [0.1, 0.15) is 23.3 Å². The van der Waals surface area contributed by atoms with Crippen LogP contribution in [0.4, 0.5) is 0 Å². The monoisotopic (exact) mass is 270 g/mol. The third kappa shape index (κ3) is 3.58. The van der Waals surface area contributed by atoms with Gasteiger partial charge < -0.3 is 15.2 Å². The van der Waals surface area contributed by atoms with Crippen LogP contribution in [0.25, 0.3) is 0 Å². The number of hydrogen-bond donors (Lipinski definition) is 2. The Kier molecular flexibility index (Phi) is 4.38. The fraction of sp³-hybridized carbons (Fsp3) is 0.500. The molecule has 0 unspecified atom stereocenters. The van der Waals surface area contributed by atoms with E-state index < -0.39 is 0 Å². The third-order valence-electron chi connectivity index (χ3n) is 2.62. The second-order valence-electron chi connectivity index (χ2n) is 4.23. The van der Waals surface area contributed by atoms with Gasteiger partial charge in [0.15, 0.2) is 0 Å². The number of rotatable bonds is 6. The fourth-order valence-electron chi connectivity index (χ4n) is 1.41. The van der Waals surface area contributed by atoms with Gasteiger partial charge in [-0.25, -0.2) is 4.98 Å². The molecule has 1 aliphatic rings. The summed E-state index contributed by atoms with van der Waals surface area (Å²) in [5, 5.41) is 11.6. The molecule has 1 heterocycles. The number of nitrogens with zero attached hydrogens (tertiary/aromatic N) is 1. The molecule has 1 amide bonds. The van der Waals surface area contributed by atoms with Crippen molar-refractivity contribution in [2.45, 2.75) is 12.8 Å². The number of aliphatic hydroxyl groups is 1. The van der Waals surface area contributed by atoms with Gasteiger partial charge in [-0.3, -0.25) is 4.79 Å². The number of ether oxygens (including phenoxy) is 1. The van der Waals surface area contributed by atoms with E-state index in [1.165, 1.54) is 25.1 Å². The van der Waals surface area contributed by atoms with Crippen LogP contribution in [0.5, 0.6) is 5.75 Å². The van der Waals surface area contributed by atoms with Gasteiger partial charge in [-0.05, 0) is 18.8 Å². The predicted molar refractivity (Wildman–Crippen MR) is 66.9 cm³/mol. The SMILES string of the molecule is O=C(NCCO)c1cc(OCC2CC2)c(Cl)cn1. The van der Waals surface area contributed by atoms with E-state index in [1.54, 1.807) is 0 Å². The van der Waals surface area contributed by atoms with Crippen molar-refractivity contribution < 1.29 is 14.6 Å². The smallest absolute Gasteiger partial charge is 0.270 e. The summed E-state index contributed by atoms with van der Waals surface area (Å²) < 4.78 is 5.55. The first-order chi connectivity index (χ1) is 8.70. The minimum Gasteiger partial charge on any atom is -0.492 e. The predicted octanol–water partition coefficient (Wildman–Crippen LogP) is 1.25. The van der Waals surface area contributed by atoms with Crippen molar-refractivity contribution in [3.8, 4) is 5.75 Å². The van der Waals surface area contributed by atoms with Crippen molar-refractivity contribution in [3.63, 3.8) is 0 Å². The van der Waals surface area contributed by atoms with Gasteiger partial charge in [0, 0.05) is 12.6 Å². The minimum atomic E-state index is -0.350. The summed E-state index contributed by atoms with van der Waals surface area (Å²) >= 11 is 5.95. The summed E-state index contributed by atoms with van der Waals surface area (Å²) in [7, 11) is 0. The second kappa shape index (κ2) is 6.02. The van der Waals surface area contributed by atoms with E-state index in [1.807, 2.05) is 0 Å². The van der Waals surface area contributed by atoms with Gasteiger partial charge in [0.1, 0.15) is 16.5 Å². The summed E-state index contributed by atoms with van der Waals surface area (Å²) in [6, 6.07) is 1.53. The Bertz CT molecular complexity index is 435. The fourth-order valence-corrected chi connectivity index (χ4v) is 1.57. The van der Waals surface area contributed by atoms with Crippen LogP contribution in [0.2, 0.25) is 5.02 Å². The molecule has 1 aromatic rings. The molecule has 6 heteroatoms. The number of amides is 1. The van der Waals surface area contributed by atoms with Crippen LogP contribution >= 0.6 is 11.6 Å². The molecule has 0 radical (unpaired) electrons. The van der Waals surface area contributed by atoms with Gasteiger partial charge in [-0.1, -0.05) is 11.6 Å². The zero-order chi connectivity index (χ0) is 13.0. The molecule has 1 fully saturated rings. The lowest BCUT2D eigenvalue weighted by atomic mass is 10.3. The number of carbonyl (C=O) groups is 1. The van der Waals surface area contributed by atoms with Crippen molar-refractivity contribution in [2.75, 3.05) is 19.8 Å². The number of aliphatic hydroxyl groups excluding tert-OH is 1. The van der Waals surface area contributed by atoms with E-state index in [0.717, 1.165) is 0 Å². The van der Waals surface area contributed by atoms with Gasteiger partial charge in [0.2, 0.25) is 0 Å². The average Bonchev–Trinajstić information content (AvgIpc) is 3.19. The lowest BCUT2D eigenvalue weighted by Crippen LogP contribution is -2.27. The molecule has 2 N–H and O–H groups in total. The topological polar surface area (TPSA) is 71.5 Å². The number of pyridine rings is 1. The van der Waals surface area contributed by atoms with Crippen LogP contribution in [0, 0.1) is 5.92 Å². The van der Waals surface area contributed by atoms with Crippen LogP contribution in [-0.2, 0) is 0 Å². The highest BCUT2D eigenvalue weighted by Gasteiger charge is 2.22. The lowest BCUT2D eigenvalue weighted by molar-refractivity contribution is 0.0939. The molecule has 0 saturated heterocycles. The molecule has 1 saturated carbocycles. The minimum absolute atomic E-state index is 0.107. The van der Waals surface area contributed by atoms with Crippen molar-refractivity contribution in [1.29, 1.82) is 0 Å². The second-order valence-corrected chi connectivity index (χ2v) is 4.64. The highest BCUT2D eigenvalue weighted by molar-refractivity contribution is 6.32. The third-order valence-corrected chi connectivity index (χ3v) is 2.91. The van der Waals surface area contributed by atoms with Gasteiger partial charge >= 0.3 is 0 Å². The van der Waals surface area contributed by atoms with E-state index >= 15 is 0 Å². The van der Waals surface area contributed by atoms with E-state index in [0.29, 0.717) is 23.3 Å². The van der Waals surface area contributed by atoms with E-state index in [4.69, 9.17) is 21.4 Å². The maximum atomic E-state index is 11.6. The highest BCUT2D eigenvalue weighted by atomic mass is 35.5. The molecule has 0 spiro atoms. The van der Waals surface area contributed by atoms with Gasteiger partial charge in [-0.2, -0.15) is 0 Å². The molecule has 0 aromatic carbocycles. The highest BCUT2D eigenvalue weighted by Crippen LogP contribution is 2.31. The first-order valence-electron chi connectivity index (χ1n) is 5.88. The number of hydrogen-bond acceptors (Lipinski definition) is 4. The summed E-state index contributed by atoms with van der Waals surface area (Å²) in [6.45, 7) is 0.715. The summed E-state index contributed by atoms with van der Waals surface area (Å²) in [5.41, 5.74) is 0.235. The standard InChI is InChI=1S/C12H15ClN2O3/c13-9-6-15-10(12(17)14-3-4-16)5-11(9)18-7-8-1-2-8/h5-6,8,16H,1-4,7H2,(H,14,17).